The van der Waals surface area contributed by atoms with Crippen LogP contribution < -0.4 is 5.32 Å². The molecule has 0 unspecified atom stereocenters. The smallest absolute Gasteiger partial charge is 0.270 e. The van der Waals surface area contributed by atoms with Crippen molar-refractivity contribution in [2.24, 2.45) is 0 Å². The largest absolute Gasteiger partial charge is 0.311 e. The van der Waals surface area contributed by atoms with E-state index in [4.69, 9.17) is 0 Å². The Morgan fingerprint density at radius 3 is 2.67 bits per heavy atom. The van der Waals surface area contributed by atoms with Crippen LogP contribution in [-0.4, -0.2) is 22.5 Å². The minimum absolute atomic E-state index is 0.116. The van der Waals surface area contributed by atoms with Gasteiger partial charge >= 0.3 is 0 Å². The lowest BCUT2D eigenvalue weighted by Gasteiger charge is -2.22. The predicted molar refractivity (Wildman–Crippen MR) is 80.1 cm³/mol. The molecule has 0 heterocycles. The van der Waals surface area contributed by atoms with E-state index >= 15 is 0 Å². The minimum atomic E-state index is -0.375. The Morgan fingerprint density at radius 2 is 2.11 bits per heavy atom. The van der Waals surface area contributed by atoms with E-state index in [1.807, 2.05) is 6.07 Å². The van der Waals surface area contributed by atoms with Gasteiger partial charge in [0, 0.05) is 34.4 Å². The summed E-state index contributed by atoms with van der Waals surface area (Å²) in [7, 11) is 0. The summed E-state index contributed by atoms with van der Waals surface area (Å²) in [6.45, 7) is 5.81. The third kappa shape index (κ3) is 4.96. The molecule has 0 fully saturated rings. The molecular formula is C12H17BrN2O2S. The molecule has 1 rings (SSSR count). The maximum Gasteiger partial charge on any atom is 0.270 e. The number of nitro benzene ring substituents is 1. The number of nitrogens with one attached hydrogen (secondary N) is 1. The van der Waals surface area contributed by atoms with Gasteiger partial charge in [-0.3, -0.25) is 10.1 Å². The third-order valence-corrected chi connectivity index (χ3v) is 4.29. The molecule has 0 radical (unpaired) electrons. The zero-order valence-corrected chi connectivity index (χ0v) is 13.1. The molecular weight excluding hydrogens is 316 g/mol. The highest BCUT2D eigenvalue weighted by Crippen LogP contribution is 2.22. The first-order chi connectivity index (χ1) is 8.34. The van der Waals surface area contributed by atoms with E-state index in [2.05, 4.69) is 41.3 Å². The van der Waals surface area contributed by atoms with Crippen LogP contribution in [-0.2, 0) is 6.54 Å². The summed E-state index contributed by atoms with van der Waals surface area (Å²) in [5, 5.41) is 14.1. The van der Waals surface area contributed by atoms with Crippen molar-refractivity contribution in [3.05, 3.63) is 38.3 Å². The van der Waals surface area contributed by atoms with Gasteiger partial charge in [0.1, 0.15) is 0 Å². The SMILES string of the molecule is CSC(C)(C)CNCc1cc(Br)cc([N+](=O)[O-])c1. The number of halogens is 1. The lowest BCUT2D eigenvalue weighted by Crippen LogP contribution is -2.31. The van der Waals surface area contributed by atoms with Crippen LogP contribution in [0.1, 0.15) is 19.4 Å². The number of hydrogen-bond acceptors (Lipinski definition) is 4. The molecule has 0 atom stereocenters. The average Bonchev–Trinajstić information content (AvgIpc) is 2.28. The molecule has 100 valence electrons. The average molecular weight is 333 g/mol. The second-order valence-corrected chi connectivity index (χ2v) is 7.07. The molecule has 1 N–H and O–H groups in total. The van der Waals surface area contributed by atoms with Crippen LogP contribution in [0.3, 0.4) is 0 Å². The van der Waals surface area contributed by atoms with Crippen LogP contribution >= 0.6 is 27.7 Å². The summed E-state index contributed by atoms with van der Waals surface area (Å²) in [6, 6.07) is 5.01. The lowest BCUT2D eigenvalue weighted by molar-refractivity contribution is -0.385. The number of thioether (sulfide) groups is 1. The van der Waals surface area contributed by atoms with Crippen molar-refractivity contribution in [2.75, 3.05) is 12.8 Å². The fraction of sp³-hybridized carbons (Fsp3) is 0.500. The lowest BCUT2D eigenvalue weighted by atomic mass is 10.1. The van der Waals surface area contributed by atoms with Crippen LogP contribution in [0.5, 0.6) is 0 Å². The van der Waals surface area contributed by atoms with E-state index in [-0.39, 0.29) is 15.4 Å². The molecule has 0 bridgehead atoms. The Morgan fingerprint density at radius 1 is 1.44 bits per heavy atom. The summed E-state index contributed by atoms with van der Waals surface area (Å²) in [6.07, 6.45) is 2.08. The topological polar surface area (TPSA) is 55.2 Å². The molecule has 0 saturated carbocycles. The molecule has 1 aromatic rings. The highest BCUT2D eigenvalue weighted by molar-refractivity contribution is 9.10. The first-order valence-electron chi connectivity index (χ1n) is 5.54. The van der Waals surface area contributed by atoms with Crippen LogP contribution in [0, 0.1) is 10.1 Å². The third-order valence-electron chi connectivity index (χ3n) is 2.59. The number of rotatable bonds is 6. The number of nitro groups is 1. The Hall–Kier alpha value is -0.590. The van der Waals surface area contributed by atoms with Gasteiger partial charge in [-0.05, 0) is 31.7 Å². The van der Waals surface area contributed by atoms with Gasteiger partial charge in [-0.25, -0.2) is 0 Å². The number of nitrogens with zero attached hydrogens (tertiary/aromatic N) is 1. The molecule has 0 aromatic heterocycles. The molecule has 0 aliphatic heterocycles. The van der Waals surface area contributed by atoms with Crippen molar-refractivity contribution in [3.8, 4) is 0 Å². The van der Waals surface area contributed by atoms with Crippen LogP contribution in [0.4, 0.5) is 5.69 Å². The summed E-state index contributed by atoms with van der Waals surface area (Å²) in [5.74, 6) is 0. The Bertz CT molecular complexity index is 438. The van der Waals surface area contributed by atoms with Crippen molar-refractivity contribution < 1.29 is 4.92 Å². The van der Waals surface area contributed by atoms with E-state index in [1.165, 1.54) is 6.07 Å². The van der Waals surface area contributed by atoms with Crippen molar-refractivity contribution in [1.82, 2.24) is 5.32 Å². The van der Waals surface area contributed by atoms with E-state index in [9.17, 15) is 10.1 Å². The van der Waals surface area contributed by atoms with Gasteiger partial charge in [0.25, 0.3) is 5.69 Å². The monoisotopic (exact) mass is 332 g/mol. The van der Waals surface area contributed by atoms with Gasteiger partial charge < -0.3 is 5.32 Å². The first kappa shape index (κ1) is 15.5. The van der Waals surface area contributed by atoms with Crippen LogP contribution in [0.15, 0.2) is 22.7 Å². The van der Waals surface area contributed by atoms with E-state index in [0.29, 0.717) is 6.54 Å². The highest BCUT2D eigenvalue weighted by atomic mass is 79.9. The van der Waals surface area contributed by atoms with Crippen LogP contribution in [0.25, 0.3) is 0 Å². The van der Waals surface area contributed by atoms with E-state index in [1.54, 1.807) is 17.8 Å². The number of non-ortho nitro benzene ring substituents is 1. The minimum Gasteiger partial charge on any atom is -0.311 e. The molecule has 0 amide bonds. The summed E-state index contributed by atoms with van der Waals surface area (Å²) in [5.41, 5.74) is 1.03. The molecule has 0 aliphatic rings. The fourth-order valence-corrected chi connectivity index (χ4v) is 2.20. The first-order valence-corrected chi connectivity index (χ1v) is 7.55. The fourth-order valence-electron chi connectivity index (χ4n) is 1.42. The van der Waals surface area contributed by atoms with Crippen molar-refractivity contribution in [3.63, 3.8) is 0 Å². The Labute approximate surface area is 120 Å². The summed E-state index contributed by atoms with van der Waals surface area (Å²) < 4.78 is 0.899. The van der Waals surface area contributed by atoms with Gasteiger partial charge in [-0.2, -0.15) is 11.8 Å². The molecule has 6 heteroatoms. The van der Waals surface area contributed by atoms with Gasteiger partial charge in [0.05, 0.1) is 4.92 Å². The van der Waals surface area contributed by atoms with E-state index < -0.39 is 0 Å². The molecule has 1 aromatic carbocycles. The Balaban J connectivity index is 2.65. The maximum atomic E-state index is 10.7. The zero-order valence-electron chi connectivity index (χ0n) is 10.7. The van der Waals surface area contributed by atoms with Crippen molar-refractivity contribution in [2.45, 2.75) is 25.1 Å². The quantitative estimate of drug-likeness (QED) is 0.638. The molecule has 0 spiro atoms. The van der Waals surface area contributed by atoms with Crippen molar-refractivity contribution >= 4 is 33.4 Å². The van der Waals surface area contributed by atoms with E-state index in [0.717, 1.165) is 16.6 Å². The molecule has 0 aliphatic carbocycles. The second kappa shape index (κ2) is 6.54. The van der Waals surface area contributed by atoms with Crippen molar-refractivity contribution in [1.29, 1.82) is 0 Å². The predicted octanol–water partition coefficient (Wildman–Crippen LogP) is 3.59. The second-order valence-electron chi connectivity index (χ2n) is 4.64. The number of benzene rings is 1. The van der Waals surface area contributed by atoms with Gasteiger partial charge in [0.2, 0.25) is 0 Å². The molecule has 18 heavy (non-hydrogen) atoms. The maximum absolute atomic E-state index is 10.7. The van der Waals surface area contributed by atoms with Gasteiger partial charge in [-0.15, -0.1) is 0 Å². The summed E-state index contributed by atoms with van der Waals surface area (Å²) >= 11 is 5.08. The zero-order chi connectivity index (χ0) is 13.8. The standard InChI is InChI=1S/C12H17BrN2O2S/c1-12(2,18-3)8-14-7-9-4-10(13)6-11(5-9)15(16)17/h4-6,14H,7-8H2,1-3H3. The Kier molecular flexibility index (Phi) is 5.62. The highest BCUT2D eigenvalue weighted by Gasteiger charge is 2.15. The normalized spacial score (nSPS) is 11.6. The van der Waals surface area contributed by atoms with Crippen LogP contribution in [0.2, 0.25) is 0 Å². The van der Waals surface area contributed by atoms with Gasteiger partial charge in [0.15, 0.2) is 0 Å². The van der Waals surface area contributed by atoms with Gasteiger partial charge in [-0.1, -0.05) is 15.9 Å². The molecule has 0 saturated heterocycles. The summed E-state index contributed by atoms with van der Waals surface area (Å²) in [4.78, 5) is 10.4. The number of hydrogen-bond donors (Lipinski definition) is 1. The molecule has 4 nitrogen and oxygen atoms in total.